The number of halogens is 2. The summed E-state index contributed by atoms with van der Waals surface area (Å²) in [5.74, 6) is -3.96. The number of alkyl halides is 2. The Morgan fingerprint density at radius 1 is 1.26 bits per heavy atom. The molecule has 1 heterocycles. The van der Waals surface area contributed by atoms with E-state index in [4.69, 9.17) is 0 Å². The van der Waals surface area contributed by atoms with Crippen molar-refractivity contribution < 1.29 is 22.0 Å². The van der Waals surface area contributed by atoms with E-state index in [9.17, 15) is 22.0 Å². The summed E-state index contributed by atoms with van der Waals surface area (Å²) < 4.78 is 48.7. The van der Waals surface area contributed by atoms with Crippen LogP contribution in [0.15, 0.2) is 29.2 Å². The van der Waals surface area contributed by atoms with Crippen LogP contribution in [0.25, 0.3) is 0 Å². The summed E-state index contributed by atoms with van der Waals surface area (Å²) in [5, 5.41) is 5.63. The lowest BCUT2D eigenvalue weighted by Gasteiger charge is -2.19. The average molecular weight is 347 g/mol. The molecule has 1 fully saturated rings. The second-order valence-electron chi connectivity index (χ2n) is 5.23. The Hall–Kier alpha value is -1.58. The lowest BCUT2D eigenvalue weighted by molar-refractivity contribution is -0.117. The van der Waals surface area contributed by atoms with Crippen LogP contribution in [-0.4, -0.2) is 57.7 Å². The maximum atomic E-state index is 12.7. The van der Waals surface area contributed by atoms with Gasteiger partial charge in [0.05, 0.1) is 17.1 Å². The van der Waals surface area contributed by atoms with Crippen molar-refractivity contribution in [2.45, 2.75) is 17.1 Å². The monoisotopic (exact) mass is 347 g/mol. The number of para-hydroxylation sites is 1. The Labute approximate surface area is 133 Å². The fourth-order valence-corrected chi connectivity index (χ4v) is 3.25. The highest BCUT2D eigenvalue weighted by Crippen LogP contribution is 2.26. The van der Waals surface area contributed by atoms with Crippen molar-refractivity contribution in [2.24, 2.45) is 0 Å². The molecule has 1 aromatic rings. The van der Waals surface area contributed by atoms with Crippen molar-refractivity contribution in [2.75, 3.05) is 38.0 Å². The van der Waals surface area contributed by atoms with Gasteiger partial charge in [-0.25, -0.2) is 8.42 Å². The number of hydrogen-bond acceptors (Lipinski definition) is 5. The lowest BCUT2D eigenvalue weighted by atomic mass is 10.3. The molecule has 0 aliphatic carbocycles. The van der Waals surface area contributed by atoms with Gasteiger partial charge in [-0.1, -0.05) is 12.1 Å². The molecule has 23 heavy (non-hydrogen) atoms. The number of rotatable bonds is 5. The smallest absolute Gasteiger partial charge is 0.324 e. The number of nitrogens with zero attached hydrogens (tertiary/aromatic N) is 1. The summed E-state index contributed by atoms with van der Waals surface area (Å²) in [6.45, 7) is 3.18. The molecular formula is C14H19F2N3O3S. The summed E-state index contributed by atoms with van der Waals surface area (Å²) in [7, 11) is -4.76. The normalized spacial score (nSPS) is 17.0. The largest absolute Gasteiger partial charge is 0.341 e. The highest BCUT2D eigenvalue weighted by molar-refractivity contribution is 7.91. The van der Waals surface area contributed by atoms with Crippen LogP contribution in [0.4, 0.5) is 14.5 Å². The average Bonchev–Trinajstić information content (AvgIpc) is 2.76. The predicted molar refractivity (Wildman–Crippen MR) is 82.2 cm³/mol. The van der Waals surface area contributed by atoms with Crippen LogP contribution >= 0.6 is 0 Å². The van der Waals surface area contributed by atoms with E-state index in [1.807, 2.05) is 4.90 Å². The maximum Gasteiger partial charge on any atom is 0.341 e. The zero-order valence-electron chi connectivity index (χ0n) is 12.5. The molecule has 128 valence electrons. The van der Waals surface area contributed by atoms with Crippen LogP contribution in [0.2, 0.25) is 0 Å². The SMILES string of the molecule is O=C(CN1CCCNCC1)Nc1ccccc1S(=O)(=O)C(F)F. The molecule has 0 spiro atoms. The van der Waals surface area contributed by atoms with E-state index in [0.29, 0.717) is 6.54 Å². The Bertz CT molecular complexity index is 644. The number of amides is 1. The molecule has 0 saturated carbocycles. The number of hydrogen-bond donors (Lipinski definition) is 2. The van der Waals surface area contributed by atoms with Crippen LogP contribution in [0.5, 0.6) is 0 Å². The number of sulfone groups is 1. The van der Waals surface area contributed by atoms with E-state index >= 15 is 0 Å². The minimum absolute atomic E-state index is 0.0880. The van der Waals surface area contributed by atoms with Gasteiger partial charge in [-0.05, 0) is 31.6 Å². The van der Waals surface area contributed by atoms with Gasteiger partial charge in [0.1, 0.15) is 0 Å². The van der Waals surface area contributed by atoms with Crippen molar-refractivity contribution in [1.29, 1.82) is 0 Å². The zero-order chi connectivity index (χ0) is 16.9. The molecule has 0 unspecified atom stereocenters. The molecule has 2 rings (SSSR count). The summed E-state index contributed by atoms with van der Waals surface area (Å²) >= 11 is 0. The fourth-order valence-electron chi connectivity index (χ4n) is 2.37. The van der Waals surface area contributed by atoms with Crippen molar-refractivity contribution >= 4 is 21.4 Å². The van der Waals surface area contributed by atoms with Crippen molar-refractivity contribution in [1.82, 2.24) is 10.2 Å². The number of carbonyl (C=O) groups excluding carboxylic acids is 1. The molecule has 1 amide bonds. The molecule has 1 aliphatic heterocycles. The van der Waals surface area contributed by atoms with E-state index < -0.39 is 26.4 Å². The van der Waals surface area contributed by atoms with Crippen LogP contribution < -0.4 is 10.6 Å². The van der Waals surface area contributed by atoms with Gasteiger partial charge in [-0.3, -0.25) is 9.69 Å². The van der Waals surface area contributed by atoms with E-state index in [1.54, 1.807) is 0 Å². The number of carbonyl (C=O) groups is 1. The molecule has 1 aromatic carbocycles. The highest BCUT2D eigenvalue weighted by Gasteiger charge is 2.29. The third kappa shape index (κ3) is 4.69. The van der Waals surface area contributed by atoms with Crippen LogP contribution in [-0.2, 0) is 14.6 Å². The second-order valence-corrected chi connectivity index (χ2v) is 7.12. The number of nitrogens with one attached hydrogen (secondary N) is 2. The summed E-state index contributed by atoms with van der Waals surface area (Å²) in [6.07, 6.45) is 0.906. The van der Waals surface area contributed by atoms with Gasteiger partial charge < -0.3 is 10.6 Å². The minimum Gasteiger partial charge on any atom is -0.324 e. The quantitative estimate of drug-likeness (QED) is 0.828. The van der Waals surface area contributed by atoms with Crippen molar-refractivity contribution in [3.05, 3.63) is 24.3 Å². The van der Waals surface area contributed by atoms with E-state index in [-0.39, 0.29) is 12.2 Å². The van der Waals surface area contributed by atoms with Gasteiger partial charge in [-0.15, -0.1) is 0 Å². The molecule has 0 aromatic heterocycles. The minimum atomic E-state index is -4.76. The summed E-state index contributed by atoms with van der Waals surface area (Å²) in [4.78, 5) is 13.4. The number of anilines is 1. The van der Waals surface area contributed by atoms with Crippen LogP contribution in [0.3, 0.4) is 0 Å². The predicted octanol–water partition coefficient (Wildman–Crippen LogP) is 0.917. The molecular weight excluding hydrogens is 328 g/mol. The lowest BCUT2D eigenvalue weighted by Crippen LogP contribution is -2.35. The van der Waals surface area contributed by atoms with Crippen LogP contribution in [0, 0.1) is 0 Å². The van der Waals surface area contributed by atoms with Gasteiger partial charge in [0.25, 0.3) is 0 Å². The first kappa shape index (κ1) is 17.8. The molecule has 1 saturated heterocycles. The van der Waals surface area contributed by atoms with Gasteiger partial charge in [0.15, 0.2) is 0 Å². The summed E-state index contributed by atoms with van der Waals surface area (Å²) in [5.41, 5.74) is -0.120. The molecule has 0 atom stereocenters. The Balaban J connectivity index is 2.09. The van der Waals surface area contributed by atoms with Gasteiger partial charge in [-0.2, -0.15) is 8.78 Å². The van der Waals surface area contributed by atoms with Gasteiger partial charge in [0.2, 0.25) is 15.7 Å². The third-order valence-corrected chi connectivity index (χ3v) is 4.94. The third-order valence-electron chi connectivity index (χ3n) is 3.50. The first-order valence-electron chi connectivity index (χ1n) is 7.25. The molecule has 6 nitrogen and oxygen atoms in total. The first-order valence-corrected chi connectivity index (χ1v) is 8.80. The van der Waals surface area contributed by atoms with Gasteiger partial charge >= 0.3 is 5.76 Å². The molecule has 0 bridgehead atoms. The van der Waals surface area contributed by atoms with E-state index in [0.717, 1.165) is 32.1 Å². The molecule has 2 N–H and O–H groups in total. The van der Waals surface area contributed by atoms with Crippen molar-refractivity contribution in [3.8, 4) is 0 Å². The summed E-state index contributed by atoms with van der Waals surface area (Å²) in [6, 6.07) is 5.19. The zero-order valence-corrected chi connectivity index (χ0v) is 13.3. The van der Waals surface area contributed by atoms with Crippen LogP contribution in [0.1, 0.15) is 6.42 Å². The molecule has 1 aliphatic rings. The van der Waals surface area contributed by atoms with Crippen molar-refractivity contribution in [3.63, 3.8) is 0 Å². The van der Waals surface area contributed by atoms with Gasteiger partial charge in [0, 0.05) is 13.1 Å². The Morgan fingerprint density at radius 2 is 2.00 bits per heavy atom. The standard InChI is InChI=1S/C14H19F2N3O3S/c15-14(16)23(21,22)12-5-2-1-4-11(12)18-13(20)10-19-8-3-6-17-7-9-19/h1-2,4-5,14,17H,3,6-10H2,(H,18,20). The second kappa shape index (κ2) is 7.80. The Kier molecular flexibility index (Phi) is 6.03. The first-order chi connectivity index (χ1) is 10.9. The maximum absolute atomic E-state index is 12.7. The topological polar surface area (TPSA) is 78.5 Å². The van der Waals surface area contributed by atoms with E-state index in [2.05, 4.69) is 10.6 Å². The van der Waals surface area contributed by atoms with E-state index in [1.165, 1.54) is 18.2 Å². The Morgan fingerprint density at radius 3 is 2.74 bits per heavy atom. The number of benzene rings is 1. The molecule has 0 radical (unpaired) electrons. The highest BCUT2D eigenvalue weighted by atomic mass is 32.2. The fraction of sp³-hybridized carbons (Fsp3) is 0.500. The molecule has 9 heteroatoms.